The molecule has 6 rings (SSSR count). The van der Waals surface area contributed by atoms with Gasteiger partial charge < -0.3 is 9.80 Å². The maximum atomic E-state index is 4.02. The summed E-state index contributed by atoms with van der Waals surface area (Å²) in [6.07, 6.45) is 2.54. The van der Waals surface area contributed by atoms with Crippen LogP contribution in [0.1, 0.15) is 12.8 Å². The van der Waals surface area contributed by atoms with Crippen molar-refractivity contribution in [2.24, 2.45) is 0 Å². The second kappa shape index (κ2) is 9.68. The monoisotopic (exact) mass is 606 g/mol. The van der Waals surface area contributed by atoms with Crippen LogP contribution in [0.5, 0.6) is 0 Å². The highest BCUT2D eigenvalue weighted by molar-refractivity contribution is 9.11. The van der Waals surface area contributed by atoms with E-state index in [0.29, 0.717) is 0 Å². The van der Waals surface area contributed by atoms with E-state index in [1.54, 1.807) is 0 Å². The highest BCUT2D eigenvalue weighted by Crippen LogP contribution is 2.76. The third-order valence-corrected chi connectivity index (χ3v) is 13.0. The summed E-state index contributed by atoms with van der Waals surface area (Å²) in [4.78, 5) is 10.4. The van der Waals surface area contributed by atoms with Crippen molar-refractivity contribution >= 4 is 53.3 Å². The van der Waals surface area contributed by atoms with E-state index < -0.39 is 10.0 Å². The third kappa shape index (κ3) is 4.02. The maximum Gasteiger partial charge on any atom is 0.0378 e. The molecule has 2 saturated heterocycles. The molecular formula is C30H28Br2N2S. The molecular weight excluding hydrogens is 580 g/mol. The lowest BCUT2D eigenvalue weighted by Crippen LogP contribution is -2.37. The van der Waals surface area contributed by atoms with Gasteiger partial charge in [-0.1, -0.05) is 36.4 Å². The molecule has 2 heterocycles. The summed E-state index contributed by atoms with van der Waals surface area (Å²) in [5.74, 6) is 0. The molecule has 2 aliphatic rings. The summed E-state index contributed by atoms with van der Waals surface area (Å²) < 4.78 is 2.32. The van der Waals surface area contributed by atoms with Gasteiger partial charge in [-0.3, -0.25) is 0 Å². The zero-order valence-corrected chi connectivity index (χ0v) is 23.5. The molecule has 2 nitrogen and oxygen atoms in total. The zero-order chi connectivity index (χ0) is 23.8. The highest BCUT2D eigenvalue weighted by atomic mass is 79.9. The number of hydrogen-bond acceptors (Lipinski definition) is 2. The van der Waals surface area contributed by atoms with Crippen LogP contribution in [0.4, 0.5) is 11.4 Å². The van der Waals surface area contributed by atoms with Gasteiger partial charge in [0, 0.05) is 66.1 Å². The van der Waals surface area contributed by atoms with E-state index in [1.165, 1.54) is 43.8 Å². The largest absolute Gasteiger partial charge is 0.371 e. The summed E-state index contributed by atoms with van der Waals surface area (Å²) in [5, 5.41) is 0. The minimum atomic E-state index is -1.80. The van der Waals surface area contributed by atoms with Crippen molar-refractivity contribution in [1.29, 1.82) is 0 Å². The van der Waals surface area contributed by atoms with E-state index in [2.05, 4.69) is 139 Å². The van der Waals surface area contributed by atoms with Gasteiger partial charge in [0.15, 0.2) is 0 Å². The topological polar surface area (TPSA) is 6.48 Å². The van der Waals surface area contributed by atoms with Crippen molar-refractivity contribution in [2.75, 3.05) is 36.0 Å². The first-order valence-corrected chi connectivity index (χ1v) is 15.4. The quantitative estimate of drug-likeness (QED) is 0.216. The average molecular weight is 608 g/mol. The van der Waals surface area contributed by atoms with Gasteiger partial charge >= 0.3 is 0 Å². The molecule has 2 aliphatic heterocycles. The molecule has 0 unspecified atom stereocenters. The van der Waals surface area contributed by atoms with Crippen LogP contribution < -0.4 is 9.80 Å². The number of hydrogen-bond donors (Lipinski definition) is 0. The Morgan fingerprint density at radius 3 is 1.26 bits per heavy atom. The van der Waals surface area contributed by atoms with Crippen molar-refractivity contribution in [3.63, 3.8) is 0 Å². The third-order valence-electron chi connectivity index (χ3n) is 7.13. The molecule has 5 heteroatoms. The smallest absolute Gasteiger partial charge is 0.0378 e. The first-order valence-electron chi connectivity index (χ1n) is 12.2. The predicted octanol–water partition coefficient (Wildman–Crippen LogP) is 8.97. The molecule has 0 aliphatic carbocycles. The molecule has 178 valence electrons. The SMILES string of the molecule is Brc1ccc(N2CCC2)cc1S(c1ccccc1)(c1ccccc1)c1cc(N2CCC2)ccc1Br. The molecule has 0 N–H and O–H groups in total. The Morgan fingerprint density at radius 1 is 0.514 bits per heavy atom. The molecule has 0 atom stereocenters. The van der Waals surface area contributed by atoms with Gasteiger partial charge in [0.05, 0.1) is 0 Å². The van der Waals surface area contributed by atoms with Crippen LogP contribution in [0.3, 0.4) is 0 Å². The Balaban J connectivity index is 1.71. The van der Waals surface area contributed by atoms with Crippen molar-refractivity contribution < 1.29 is 0 Å². The van der Waals surface area contributed by atoms with Gasteiger partial charge in [0.25, 0.3) is 0 Å². The van der Waals surface area contributed by atoms with Gasteiger partial charge in [-0.15, -0.1) is 10.0 Å². The van der Waals surface area contributed by atoms with E-state index in [0.717, 1.165) is 35.1 Å². The van der Waals surface area contributed by atoms with Crippen molar-refractivity contribution in [3.8, 4) is 0 Å². The Hall–Kier alpha value is -2.21. The number of rotatable bonds is 6. The van der Waals surface area contributed by atoms with Gasteiger partial charge in [-0.2, -0.15) is 0 Å². The van der Waals surface area contributed by atoms with E-state index >= 15 is 0 Å². The Kier molecular flexibility index (Phi) is 6.42. The molecule has 4 aromatic rings. The Labute approximate surface area is 226 Å². The average Bonchev–Trinajstić information content (AvgIpc) is 2.82. The Morgan fingerprint density at radius 2 is 0.914 bits per heavy atom. The summed E-state index contributed by atoms with van der Waals surface area (Å²) in [5.41, 5.74) is 2.63. The fourth-order valence-corrected chi connectivity index (χ4v) is 10.9. The summed E-state index contributed by atoms with van der Waals surface area (Å²) in [6.45, 7) is 4.53. The molecule has 0 saturated carbocycles. The summed E-state index contributed by atoms with van der Waals surface area (Å²) in [6, 6.07) is 36.1. The number of anilines is 2. The fraction of sp³-hybridized carbons (Fsp3) is 0.200. The van der Waals surface area contributed by atoms with Gasteiger partial charge in [0.2, 0.25) is 0 Å². The van der Waals surface area contributed by atoms with Crippen LogP contribution in [-0.4, -0.2) is 26.2 Å². The van der Waals surface area contributed by atoms with E-state index in [9.17, 15) is 0 Å². The van der Waals surface area contributed by atoms with Gasteiger partial charge in [0.1, 0.15) is 0 Å². The molecule has 4 aromatic carbocycles. The second-order valence-electron chi connectivity index (χ2n) is 9.15. The normalized spacial score (nSPS) is 15.9. The van der Waals surface area contributed by atoms with E-state index in [1.807, 2.05) is 0 Å². The number of nitrogens with zero attached hydrogens (tertiary/aromatic N) is 2. The maximum absolute atomic E-state index is 4.02. The molecule has 0 aromatic heterocycles. The Bertz CT molecular complexity index is 1230. The summed E-state index contributed by atoms with van der Waals surface area (Å²) >= 11 is 8.04. The molecule has 35 heavy (non-hydrogen) atoms. The lowest BCUT2D eigenvalue weighted by atomic mass is 10.2. The molecule has 0 amide bonds. The van der Waals surface area contributed by atoms with Crippen LogP contribution in [0.2, 0.25) is 0 Å². The molecule has 0 bridgehead atoms. The van der Waals surface area contributed by atoms with Crippen LogP contribution in [0.15, 0.2) is 126 Å². The molecule has 0 radical (unpaired) electrons. The van der Waals surface area contributed by atoms with Crippen LogP contribution in [0, 0.1) is 0 Å². The highest BCUT2D eigenvalue weighted by Gasteiger charge is 2.37. The lowest BCUT2D eigenvalue weighted by Gasteiger charge is -2.45. The lowest BCUT2D eigenvalue weighted by molar-refractivity contribution is 0.617. The summed E-state index contributed by atoms with van der Waals surface area (Å²) in [7, 11) is -1.80. The van der Waals surface area contributed by atoms with E-state index in [4.69, 9.17) is 0 Å². The van der Waals surface area contributed by atoms with E-state index in [-0.39, 0.29) is 0 Å². The predicted molar refractivity (Wildman–Crippen MR) is 155 cm³/mol. The van der Waals surface area contributed by atoms with Crippen molar-refractivity contribution in [3.05, 3.63) is 106 Å². The minimum Gasteiger partial charge on any atom is -0.371 e. The van der Waals surface area contributed by atoms with Crippen molar-refractivity contribution in [2.45, 2.75) is 32.4 Å². The van der Waals surface area contributed by atoms with Gasteiger partial charge in [-0.25, -0.2) is 0 Å². The van der Waals surface area contributed by atoms with Crippen LogP contribution in [-0.2, 0) is 0 Å². The zero-order valence-electron chi connectivity index (χ0n) is 19.5. The van der Waals surface area contributed by atoms with Crippen molar-refractivity contribution in [1.82, 2.24) is 0 Å². The number of benzene rings is 4. The first-order chi connectivity index (χ1) is 17.2. The van der Waals surface area contributed by atoms with Gasteiger partial charge in [-0.05, 0) is 105 Å². The first kappa shape index (κ1) is 23.2. The second-order valence-corrected chi connectivity index (χ2v) is 13.9. The van der Waals surface area contributed by atoms with Crippen LogP contribution >= 0.6 is 41.9 Å². The standard InChI is InChI=1S/C30H28Br2N2S/c31-27-15-13-23(33-17-7-18-33)21-29(27)35(25-9-3-1-4-10-25,26-11-5-2-6-12-26)30-22-24(14-16-28(30)32)34-19-8-20-34/h1-6,9-16,21-22H,7-8,17-20H2. The molecule has 2 fully saturated rings. The number of halogens is 2. The van der Waals surface area contributed by atoms with Crippen LogP contribution in [0.25, 0.3) is 0 Å². The minimum absolute atomic E-state index is 1.13. The fourth-order valence-electron chi connectivity index (χ4n) is 5.01. The molecule has 0 spiro atoms.